The molecule has 5 nitrogen and oxygen atoms in total. The van der Waals surface area contributed by atoms with Crippen LogP contribution in [0.15, 0.2) is 22.7 Å². The van der Waals surface area contributed by atoms with Crippen LogP contribution in [-0.2, 0) is 17.6 Å². The van der Waals surface area contributed by atoms with E-state index >= 15 is 0 Å². The van der Waals surface area contributed by atoms with Gasteiger partial charge in [0.2, 0.25) is 11.8 Å². The van der Waals surface area contributed by atoms with Crippen LogP contribution in [0.1, 0.15) is 47.8 Å². The predicted octanol–water partition coefficient (Wildman–Crippen LogP) is 2.76. The van der Waals surface area contributed by atoms with Gasteiger partial charge in [-0.3, -0.25) is 4.79 Å². The van der Waals surface area contributed by atoms with Crippen molar-refractivity contribution < 1.29 is 9.32 Å². The van der Waals surface area contributed by atoms with Crippen LogP contribution >= 0.6 is 0 Å². The van der Waals surface area contributed by atoms with Crippen molar-refractivity contribution >= 4 is 5.91 Å². The number of rotatable bonds is 3. The van der Waals surface area contributed by atoms with Crippen molar-refractivity contribution in [3.8, 4) is 0 Å². The van der Waals surface area contributed by atoms with Gasteiger partial charge in [-0.15, -0.1) is 0 Å². The Labute approximate surface area is 130 Å². The Morgan fingerprint density at radius 1 is 1.41 bits per heavy atom. The van der Waals surface area contributed by atoms with Gasteiger partial charge in [-0.05, 0) is 30.9 Å². The van der Waals surface area contributed by atoms with E-state index in [1.165, 1.54) is 16.7 Å². The molecule has 116 valence electrons. The number of hydrogen-bond donors (Lipinski definition) is 0. The SMILES string of the molecule is CCC1c2ccc(C)cc2CCN1C(=O)Cc1noc(C)n1. The van der Waals surface area contributed by atoms with E-state index in [1.807, 2.05) is 4.90 Å². The zero-order valence-corrected chi connectivity index (χ0v) is 13.3. The van der Waals surface area contributed by atoms with Gasteiger partial charge in [0.15, 0.2) is 5.82 Å². The monoisotopic (exact) mass is 299 g/mol. The van der Waals surface area contributed by atoms with Gasteiger partial charge in [-0.1, -0.05) is 35.8 Å². The van der Waals surface area contributed by atoms with Gasteiger partial charge >= 0.3 is 0 Å². The second-order valence-electron chi connectivity index (χ2n) is 5.87. The molecule has 3 rings (SSSR count). The second kappa shape index (κ2) is 5.91. The molecule has 0 bridgehead atoms. The Bertz CT molecular complexity index is 693. The smallest absolute Gasteiger partial charge is 0.230 e. The van der Waals surface area contributed by atoms with Crippen LogP contribution in [0.5, 0.6) is 0 Å². The lowest BCUT2D eigenvalue weighted by Crippen LogP contribution is -2.40. The number of benzene rings is 1. The lowest BCUT2D eigenvalue weighted by molar-refractivity contribution is -0.133. The first kappa shape index (κ1) is 14.8. The molecular formula is C17H21N3O2. The topological polar surface area (TPSA) is 59.2 Å². The average Bonchev–Trinajstić information content (AvgIpc) is 2.90. The van der Waals surface area contributed by atoms with E-state index in [-0.39, 0.29) is 18.4 Å². The highest BCUT2D eigenvalue weighted by molar-refractivity contribution is 5.79. The van der Waals surface area contributed by atoms with E-state index in [0.29, 0.717) is 11.7 Å². The average molecular weight is 299 g/mol. The third kappa shape index (κ3) is 2.75. The molecule has 1 aromatic carbocycles. The van der Waals surface area contributed by atoms with E-state index in [0.717, 1.165) is 19.4 Å². The van der Waals surface area contributed by atoms with Crippen LogP contribution in [0.4, 0.5) is 0 Å². The van der Waals surface area contributed by atoms with Gasteiger partial charge in [0.05, 0.1) is 12.5 Å². The van der Waals surface area contributed by atoms with E-state index in [4.69, 9.17) is 4.52 Å². The molecule has 0 N–H and O–H groups in total. The summed E-state index contributed by atoms with van der Waals surface area (Å²) in [6, 6.07) is 6.67. The minimum atomic E-state index is 0.0684. The van der Waals surface area contributed by atoms with Crippen LogP contribution < -0.4 is 0 Å². The maximum atomic E-state index is 12.6. The van der Waals surface area contributed by atoms with E-state index in [1.54, 1.807) is 6.92 Å². The zero-order chi connectivity index (χ0) is 15.7. The van der Waals surface area contributed by atoms with Gasteiger partial charge < -0.3 is 9.42 Å². The Morgan fingerprint density at radius 3 is 2.91 bits per heavy atom. The summed E-state index contributed by atoms with van der Waals surface area (Å²) in [4.78, 5) is 18.7. The lowest BCUT2D eigenvalue weighted by Gasteiger charge is -2.37. The molecule has 0 saturated heterocycles. The van der Waals surface area contributed by atoms with Crippen molar-refractivity contribution in [2.24, 2.45) is 0 Å². The summed E-state index contributed by atoms with van der Waals surface area (Å²) in [5.41, 5.74) is 3.92. The maximum Gasteiger partial charge on any atom is 0.230 e. The number of amides is 1. The minimum absolute atomic E-state index is 0.0684. The fourth-order valence-corrected chi connectivity index (χ4v) is 3.23. The first-order chi connectivity index (χ1) is 10.6. The Kier molecular flexibility index (Phi) is 3.96. The summed E-state index contributed by atoms with van der Waals surface area (Å²) in [7, 11) is 0. The molecule has 1 aliphatic heterocycles. The first-order valence-corrected chi connectivity index (χ1v) is 7.76. The fourth-order valence-electron chi connectivity index (χ4n) is 3.23. The highest BCUT2D eigenvalue weighted by Gasteiger charge is 2.30. The second-order valence-corrected chi connectivity index (χ2v) is 5.87. The van der Waals surface area contributed by atoms with Crippen molar-refractivity contribution in [1.29, 1.82) is 0 Å². The highest BCUT2D eigenvalue weighted by Crippen LogP contribution is 2.33. The molecule has 2 heterocycles. The van der Waals surface area contributed by atoms with Gasteiger partial charge in [0.1, 0.15) is 0 Å². The van der Waals surface area contributed by atoms with Gasteiger partial charge in [0.25, 0.3) is 0 Å². The minimum Gasteiger partial charge on any atom is -0.340 e. The molecule has 22 heavy (non-hydrogen) atoms. The Balaban J connectivity index is 1.82. The van der Waals surface area contributed by atoms with Gasteiger partial charge in [-0.25, -0.2) is 0 Å². The molecular weight excluding hydrogens is 278 g/mol. The van der Waals surface area contributed by atoms with E-state index in [9.17, 15) is 4.79 Å². The molecule has 0 spiro atoms. The number of carbonyl (C=O) groups is 1. The van der Waals surface area contributed by atoms with Crippen LogP contribution in [0.25, 0.3) is 0 Å². The van der Waals surface area contributed by atoms with E-state index in [2.05, 4.69) is 42.2 Å². The number of aryl methyl sites for hydroxylation is 2. The quantitative estimate of drug-likeness (QED) is 0.874. The third-order valence-corrected chi connectivity index (χ3v) is 4.24. The molecule has 1 aliphatic rings. The molecule has 1 unspecified atom stereocenters. The summed E-state index contributed by atoms with van der Waals surface area (Å²) < 4.78 is 4.94. The lowest BCUT2D eigenvalue weighted by atomic mass is 9.89. The van der Waals surface area contributed by atoms with Crippen LogP contribution in [0.2, 0.25) is 0 Å². The number of aromatic nitrogens is 2. The first-order valence-electron chi connectivity index (χ1n) is 7.76. The largest absolute Gasteiger partial charge is 0.340 e. The van der Waals surface area contributed by atoms with Gasteiger partial charge in [0, 0.05) is 13.5 Å². The Hall–Kier alpha value is -2.17. The fraction of sp³-hybridized carbons (Fsp3) is 0.471. The highest BCUT2D eigenvalue weighted by atomic mass is 16.5. The van der Waals surface area contributed by atoms with E-state index < -0.39 is 0 Å². The molecule has 1 amide bonds. The molecule has 0 fully saturated rings. The summed E-state index contributed by atoms with van der Waals surface area (Å²) in [6.07, 6.45) is 2.02. The van der Waals surface area contributed by atoms with Crippen molar-refractivity contribution in [2.75, 3.05) is 6.54 Å². The number of nitrogens with zero attached hydrogens (tertiary/aromatic N) is 3. The van der Waals surface area contributed by atoms with Gasteiger partial charge in [-0.2, -0.15) is 4.98 Å². The predicted molar refractivity (Wildman–Crippen MR) is 82.4 cm³/mol. The summed E-state index contributed by atoms with van der Waals surface area (Å²) in [6.45, 7) is 6.72. The summed E-state index contributed by atoms with van der Waals surface area (Å²) in [5, 5.41) is 3.82. The van der Waals surface area contributed by atoms with Crippen molar-refractivity contribution in [2.45, 2.75) is 46.1 Å². The molecule has 0 aliphatic carbocycles. The molecule has 1 aromatic heterocycles. The summed E-state index contributed by atoms with van der Waals surface area (Å²) in [5.74, 6) is 1.03. The molecule has 0 saturated carbocycles. The van der Waals surface area contributed by atoms with Crippen molar-refractivity contribution in [1.82, 2.24) is 15.0 Å². The molecule has 0 radical (unpaired) electrons. The van der Waals surface area contributed by atoms with Crippen molar-refractivity contribution in [3.05, 3.63) is 46.6 Å². The standard InChI is InChI=1S/C17H21N3O2/c1-4-15-14-6-5-11(2)9-13(14)7-8-20(15)17(21)10-16-18-12(3)22-19-16/h5-6,9,15H,4,7-8,10H2,1-3H3. The van der Waals surface area contributed by atoms with Crippen LogP contribution in [0.3, 0.4) is 0 Å². The summed E-state index contributed by atoms with van der Waals surface area (Å²) >= 11 is 0. The number of fused-ring (bicyclic) bond motifs is 1. The zero-order valence-electron chi connectivity index (χ0n) is 13.3. The molecule has 5 heteroatoms. The molecule has 1 atom stereocenters. The number of carbonyl (C=O) groups excluding carboxylic acids is 1. The Morgan fingerprint density at radius 2 is 2.23 bits per heavy atom. The molecule has 2 aromatic rings. The van der Waals surface area contributed by atoms with Crippen LogP contribution in [-0.4, -0.2) is 27.5 Å². The third-order valence-electron chi connectivity index (χ3n) is 4.24. The number of hydrogen-bond acceptors (Lipinski definition) is 4. The van der Waals surface area contributed by atoms with Crippen LogP contribution in [0, 0.1) is 13.8 Å². The normalized spacial score (nSPS) is 17.4. The van der Waals surface area contributed by atoms with Crippen molar-refractivity contribution in [3.63, 3.8) is 0 Å². The maximum absolute atomic E-state index is 12.6.